The highest BCUT2D eigenvalue weighted by Gasteiger charge is 2.10. The molecule has 40 heavy (non-hydrogen) atoms. The van der Waals surface area contributed by atoms with Gasteiger partial charge >= 0.3 is 0 Å². The van der Waals surface area contributed by atoms with Crippen LogP contribution < -0.4 is 0 Å². The van der Waals surface area contributed by atoms with Crippen molar-refractivity contribution in [3.63, 3.8) is 0 Å². The molecule has 4 rings (SSSR count). The molecular formula is C30H24O10. The van der Waals surface area contributed by atoms with Gasteiger partial charge in [0.2, 0.25) is 0 Å². The number of carbonyl (C=O) groups excluding carboxylic acids is 2. The Hall–Kier alpha value is -5.90. The quantitative estimate of drug-likeness (QED) is 0.0947. The minimum absolute atomic E-state index is 0.0575. The third kappa shape index (κ3) is 7.56. The van der Waals surface area contributed by atoms with E-state index in [9.17, 15) is 30.0 Å². The van der Waals surface area contributed by atoms with Gasteiger partial charge in [-0.15, -0.1) is 0 Å². The number of allylic oxidation sites excluding steroid dienone is 2. The van der Waals surface area contributed by atoms with Gasteiger partial charge in [-0.3, -0.25) is 9.59 Å². The molecule has 0 aliphatic carbocycles. The van der Waals surface area contributed by atoms with Crippen molar-refractivity contribution < 1.29 is 50.4 Å². The number of phenols is 8. The molecule has 0 heterocycles. The standard InChI is InChI=1S/2C15H12O5/c2*16-10-3-4-11(14(19)8-10)12(17)5-1-9-2-6-13(18)15(20)7-9/h2*1-8,16,18-20H. The number of hydrogen-bond acceptors (Lipinski definition) is 10. The van der Waals surface area contributed by atoms with E-state index in [2.05, 4.69) is 0 Å². The van der Waals surface area contributed by atoms with Gasteiger partial charge in [-0.2, -0.15) is 0 Å². The van der Waals surface area contributed by atoms with Crippen LogP contribution in [-0.4, -0.2) is 52.4 Å². The molecule has 10 nitrogen and oxygen atoms in total. The fourth-order valence-electron chi connectivity index (χ4n) is 3.27. The van der Waals surface area contributed by atoms with Crippen molar-refractivity contribution in [3.8, 4) is 46.0 Å². The SMILES string of the molecule is O=C(C=Cc1ccc(O)c(O)c1)c1ccc(O)cc1O.O=C(C=Cc1ccc(O)c(O)c1)c1ccc(O)cc1O. The molecule has 0 fully saturated rings. The lowest BCUT2D eigenvalue weighted by Crippen LogP contribution is -1.94. The summed E-state index contributed by atoms with van der Waals surface area (Å²) >= 11 is 0. The average Bonchev–Trinajstić information content (AvgIpc) is 2.90. The van der Waals surface area contributed by atoms with Crippen molar-refractivity contribution in [2.24, 2.45) is 0 Å². The zero-order valence-corrected chi connectivity index (χ0v) is 20.6. The highest BCUT2D eigenvalue weighted by molar-refractivity contribution is 6.09. The minimum atomic E-state index is -0.449. The molecule has 0 atom stereocenters. The molecule has 0 aromatic heterocycles. The van der Waals surface area contributed by atoms with Gasteiger partial charge in [0.15, 0.2) is 34.6 Å². The molecule has 0 spiro atoms. The van der Waals surface area contributed by atoms with Crippen LogP contribution >= 0.6 is 0 Å². The largest absolute Gasteiger partial charge is 0.508 e. The maximum Gasteiger partial charge on any atom is 0.189 e. The first-order chi connectivity index (χ1) is 18.9. The van der Waals surface area contributed by atoms with Crippen LogP contribution in [0.25, 0.3) is 12.2 Å². The minimum Gasteiger partial charge on any atom is -0.508 e. The summed E-state index contributed by atoms with van der Waals surface area (Å²) in [5.74, 6) is -2.85. The Morgan fingerprint density at radius 1 is 0.425 bits per heavy atom. The van der Waals surface area contributed by atoms with Gasteiger partial charge < -0.3 is 40.9 Å². The van der Waals surface area contributed by atoms with E-state index in [4.69, 9.17) is 20.4 Å². The maximum absolute atomic E-state index is 11.9. The number of phenolic OH excluding ortho intramolecular Hbond substituents is 8. The number of ketones is 2. The summed E-state index contributed by atoms with van der Waals surface area (Å²) in [7, 11) is 0. The van der Waals surface area contributed by atoms with E-state index in [0.29, 0.717) is 11.1 Å². The van der Waals surface area contributed by atoms with Crippen molar-refractivity contribution in [2.45, 2.75) is 0 Å². The zero-order valence-electron chi connectivity index (χ0n) is 20.6. The number of benzene rings is 4. The van der Waals surface area contributed by atoms with Gasteiger partial charge in [0, 0.05) is 12.1 Å². The van der Waals surface area contributed by atoms with E-state index in [-0.39, 0.29) is 57.1 Å². The van der Waals surface area contributed by atoms with Crippen LogP contribution in [0.3, 0.4) is 0 Å². The van der Waals surface area contributed by atoms with Gasteiger partial charge in [0.1, 0.15) is 23.0 Å². The number of rotatable bonds is 6. The first-order valence-electron chi connectivity index (χ1n) is 11.5. The zero-order chi connectivity index (χ0) is 29.4. The van der Waals surface area contributed by atoms with Crippen LogP contribution in [0, 0.1) is 0 Å². The summed E-state index contributed by atoms with van der Waals surface area (Å²) in [4.78, 5) is 23.7. The van der Waals surface area contributed by atoms with E-state index < -0.39 is 11.6 Å². The summed E-state index contributed by atoms with van der Waals surface area (Å²) < 4.78 is 0. The van der Waals surface area contributed by atoms with Crippen molar-refractivity contribution in [1.82, 2.24) is 0 Å². The Bertz CT molecular complexity index is 1500. The maximum atomic E-state index is 11.9. The molecular weight excluding hydrogens is 520 g/mol. The van der Waals surface area contributed by atoms with Gasteiger partial charge in [0.25, 0.3) is 0 Å². The first kappa shape index (κ1) is 28.7. The van der Waals surface area contributed by atoms with Crippen LogP contribution in [-0.2, 0) is 0 Å². The fraction of sp³-hybridized carbons (Fsp3) is 0. The second-order valence-electron chi connectivity index (χ2n) is 8.29. The van der Waals surface area contributed by atoms with Crippen LogP contribution in [0.4, 0.5) is 0 Å². The molecule has 0 saturated carbocycles. The van der Waals surface area contributed by atoms with Gasteiger partial charge in [-0.1, -0.05) is 24.3 Å². The topological polar surface area (TPSA) is 196 Å². The predicted octanol–water partition coefficient (Wildman–Crippen LogP) is 4.81. The van der Waals surface area contributed by atoms with Gasteiger partial charge in [-0.25, -0.2) is 0 Å². The highest BCUT2D eigenvalue weighted by Crippen LogP contribution is 2.28. The number of hydrogen-bond donors (Lipinski definition) is 8. The second-order valence-corrected chi connectivity index (χ2v) is 8.29. The van der Waals surface area contributed by atoms with Gasteiger partial charge in [-0.05, 0) is 71.8 Å². The Morgan fingerprint density at radius 3 is 1.12 bits per heavy atom. The molecule has 0 amide bonds. The van der Waals surface area contributed by atoms with E-state index in [1.165, 1.54) is 85.0 Å². The molecule has 0 aliphatic heterocycles. The predicted molar refractivity (Wildman–Crippen MR) is 146 cm³/mol. The Kier molecular flexibility index (Phi) is 9.01. The Morgan fingerprint density at radius 2 is 0.800 bits per heavy atom. The molecule has 10 heteroatoms. The van der Waals surface area contributed by atoms with Crippen LogP contribution in [0.15, 0.2) is 84.9 Å². The van der Waals surface area contributed by atoms with E-state index in [1.54, 1.807) is 0 Å². The Labute approximate surface area is 227 Å². The normalized spacial score (nSPS) is 10.8. The molecule has 0 bridgehead atoms. The molecule has 4 aromatic rings. The summed E-state index contributed by atoms with van der Waals surface area (Å²) in [5, 5.41) is 74.4. The number of carbonyl (C=O) groups is 2. The number of aromatic hydroxyl groups is 8. The average molecular weight is 545 g/mol. The van der Waals surface area contributed by atoms with E-state index in [0.717, 1.165) is 12.1 Å². The smallest absolute Gasteiger partial charge is 0.189 e. The highest BCUT2D eigenvalue weighted by atomic mass is 16.3. The lowest BCUT2D eigenvalue weighted by atomic mass is 10.1. The first-order valence-corrected chi connectivity index (χ1v) is 11.5. The van der Waals surface area contributed by atoms with E-state index in [1.807, 2.05) is 0 Å². The monoisotopic (exact) mass is 544 g/mol. The van der Waals surface area contributed by atoms with Crippen molar-refractivity contribution >= 4 is 23.7 Å². The third-order valence-electron chi connectivity index (χ3n) is 5.35. The van der Waals surface area contributed by atoms with Crippen molar-refractivity contribution in [3.05, 3.63) is 107 Å². The Balaban J connectivity index is 0.000000220. The van der Waals surface area contributed by atoms with Crippen molar-refractivity contribution in [1.29, 1.82) is 0 Å². The molecule has 0 saturated heterocycles. The molecule has 204 valence electrons. The van der Waals surface area contributed by atoms with Crippen LogP contribution in [0.5, 0.6) is 46.0 Å². The second kappa shape index (κ2) is 12.6. The molecule has 0 radical (unpaired) electrons. The van der Waals surface area contributed by atoms with Crippen LogP contribution in [0.1, 0.15) is 31.8 Å². The summed E-state index contributed by atoms with van der Waals surface area (Å²) in [5.41, 5.74) is 1.16. The third-order valence-corrected chi connectivity index (χ3v) is 5.35. The van der Waals surface area contributed by atoms with Crippen LogP contribution in [0.2, 0.25) is 0 Å². The van der Waals surface area contributed by atoms with Crippen molar-refractivity contribution in [2.75, 3.05) is 0 Å². The van der Waals surface area contributed by atoms with E-state index >= 15 is 0 Å². The lowest BCUT2D eigenvalue weighted by molar-refractivity contribution is 0.103. The van der Waals surface area contributed by atoms with Gasteiger partial charge in [0.05, 0.1) is 11.1 Å². The summed E-state index contributed by atoms with van der Waals surface area (Å²) in [6.45, 7) is 0. The molecule has 4 aromatic carbocycles. The molecule has 0 aliphatic rings. The summed E-state index contributed by atoms with van der Waals surface area (Å²) in [6, 6.07) is 15.6. The molecule has 0 unspecified atom stereocenters. The molecule has 8 N–H and O–H groups in total. The summed E-state index contributed by atoms with van der Waals surface area (Å²) in [6.07, 6.45) is 5.32. The fourth-order valence-corrected chi connectivity index (χ4v) is 3.27. The lowest BCUT2D eigenvalue weighted by Gasteiger charge is -2.01.